The van der Waals surface area contributed by atoms with Crippen LogP contribution in [0.2, 0.25) is 0 Å². The molecule has 0 amide bonds. The van der Waals surface area contributed by atoms with Crippen LogP contribution in [0.1, 0.15) is 38.2 Å². The van der Waals surface area contributed by atoms with Crippen molar-refractivity contribution in [1.82, 2.24) is 0 Å². The molecule has 15 heteroatoms. The second kappa shape index (κ2) is 36.1. The topological polar surface area (TPSA) is 145 Å². The first-order chi connectivity index (χ1) is 24.6. The van der Waals surface area contributed by atoms with Crippen molar-refractivity contribution in [2.75, 3.05) is 152 Å². The molecule has 1 aromatic carbocycles. The molecule has 1 aromatic rings. The van der Waals surface area contributed by atoms with Gasteiger partial charge in [0.15, 0.2) is 0 Å². The van der Waals surface area contributed by atoms with E-state index in [-0.39, 0.29) is 18.1 Å². The lowest BCUT2D eigenvalue weighted by Crippen LogP contribution is -2.16. The summed E-state index contributed by atoms with van der Waals surface area (Å²) in [5, 5.41) is 0. The van der Waals surface area contributed by atoms with Crippen LogP contribution in [0.4, 0.5) is 0 Å². The van der Waals surface area contributed by atoms with Crippen LogP contribution in [0, 0.1) is 6.92 Å². The maximum Gasteiger partial charge on any atom is 0.297 e. The number of rotatable bonds is 40. The summed E-state index contributed by atoms with van der Waals surface area (Å²) in [5.74, 6) is 0. The van der Waals surface area contributed by atoms with Crippen molar-refractivity contribution >= 4 is 10.1 Å². The first-order valence-electron chi connectivity index (χ1n) is 17.9. The van der Waals surface area contributed by atoms with Crippen molar-refractivity contribution < 1.29 is 64.7 Å². The van der Waals surface area contributed by atoms with Crippen LogP contribution in [-0.2, 0) is 66.4 Å². The van der Waals surface area contributed by atoms with E-state index in [1.165, 1.54) is 31.4 Å². The van der Waals surface area contributed by atoms with E-state index in [2.05, 4.69) is 6.92 Å². The first-order valence-corrected chi connectivity index (χ1v) is 19.3. The van der Waals surface area contributed by atoms with Crippen LogP contribution in [0.15, 0.2) is 29.2 Å². The molecule has 1 rings (SSSR count). The van der Waals surface area contributed by atoms with Crippen LogP contribution in [-0.4, -0.2) is 160 Å². The molecular weight excluding hydrogens is 676 g/mol. The average Bonchev–Trinajstić information content (AvgIpc) is 3.11. The molecule has 0 aliphatic carbocycles. The van der Waals surface area contributed by atoms with E-state index in [9.17, 15) is 8.42 Å². The Morgan fingerprint density at radius 1 is 0.380 bits per heavy atom. The van der Waals surface area contributed by atoms with Crippen molar-refractivity contribution in [1.29, 1.82) is 0 Å². The summed E-state index contributed by atoms with van der Waals surface area (Å²) < 4.78 is 89.2. The Labute approximate surface area is 300 Å². The minimum absolute atomic E-state index is 0.0587. The fraction of sp³-hybridized carbons (Fsp3) is 0.829. The summed E-state index contributed by atoms with van der Waals surface area (Å²) in [6, 6.07) is 6.49. The molecule has 0 aromatic heterocycles. The smallest absolute Gasteiger partial charge is 0.297 e. The van der Waals surface area contributed by atoms with E-state index in [1.54, 1.807) is 12.1 Å². The number of unbranched alkanes of at least 4 members (excludes halogenated alkanes) is 3. The van der Waals surface area contributed by atoms with Crippen molar-refractivity contribution in [3.05, 3.63) is 29.8 Å². The highest BCUT2D eigenvalue weighted by molar-refractivity contribution is 7.86. The Morgan fingerprint density at radius 2 is 0.660 bits per heavy atom. The summed E-state index contributed by atoms with van der Waals surface area (Å²) in [4.78, 5) is 0.129. The third-order valence-corrected chi connectivity index (χ3v) is 7.96. The Kier molecular flexibility index (Phi) is 33.7. The van der Waals surface area contributed by atoms with Gasteiger partial charge in [0.1, 0.15) is 0 Å². The number of benzene rings is 1. The second-order valence-electron chi connectivity index (χ2n) is 10.9. The molecule has 0 heterocycles. The maximum absolute atomic E-state index is 12.1. The van der Waals surface area contributed by atoms with Gasteiger partial charge in [-0.2, -0.15) is 8.42 Å². The van der Waals surface area contributed by atoms with Crippen LogP contribution >= 0.6 is 0 Å². The molecule has 0 aliphatic rings. The predicted octanol–water partition coefficient (Wildman–Crippen LogP) is 3.46. The van der Waals surface area contributed by atoms with E-state index < -0.39 is 10.1 Å². The summed E-state index contributed by atoms with van der Waals surface area (Å²) in [6.07, 6.45) is 4.87. The monoisotopic (exact) mass is 740 g/mol. The molecule has 0 saturated heterocycles. The highest BCUT2D eigenvalue weighted by Crippen LogP contribution is 2.13. The quantitative estimate of drug-likeness (QED) is 0.0715. The van der Waals surface area contributed by atoms with Crippen LogP contribution in [0.5, 0.6) is 0 Å². The molecule has 14 nitrogen and oxygen atoms in total. The van der Waals surface area contributed by atoms with Crippen molar-refractivity contribution in [2.24, 2.45) is 0 Å². The maximum atomic E-state index is 12.1. The first kappa shape index (κ1) is 46.7. The Hall–Kier alpha value is -1.31. The number of aryl methyl sites for hydroxylation is 1. The molecule has 0 N–H and O–H groups in total. The number of hydrogen-bond donors (Lipinski definition) is 0. The van der Waals surface area contributed by atoms with Gasteiger partial charge in [0.2, 0.25) is 0 Å². The summed E-state index contributed by atoms with van der Waals surface area (Å²) in [6.45, 7) is 14.8. The zero-order valence-corrected chi connectivity index (χ0v) is 31.3. The molecule has 0 aliphatic heterocycles. The summed E-state index contributed by atoms with van der Waals surface area (Å²) in [7, 11) is -3.77. The van der Waals surface area contributed by atoms with E-state index in [1.807, 2.05) is 6.92 Å². The Balaban J connectivity index is 1.66. The van der Waals surface area contributed by atoms with Gasteiger partial charge in [0.25, 0.3) is 10.1 Å². The molecule has 0 saturated carbocycles. The highest BCUT2D eigenvalue weighted by Gasteiger charge is 2.14. The third kappa shape index (κ3) is 31.4. The van der Waals surface area contributed by atoms with Crippen LogP contribution < -0.4 is 0 Å². The normalized spacial score (nSPS) is 11.9. The lowest BCUT2D eigenvalue weighted by Gasteiger charge is -2.09. The Morgan fingerprint density at radius 3 is 0.960 bits per heavy atom. The molecule has 294 valence electrons. The van der Waals surface area contributed by atoms with Gasteiger partial charge in [0.05, 0.1) is 150 Å². The lowest BCUT2D eigenvalue weighted by atomic mass is 10.2. The molecule has 0 unspecified atom stereocenters. The Bertz CT molecular complexity index is 936. The average molecular weight is 741 g/mol. The van der Waals surface area contributed by atoms with E-state index in [4.69, 9.17) is 56.3 Å². The second-order valence-corrected chi connectivity index (χ2v) is 12.5. The lowest BCUT2D eigenvalue weighted by molar-refractivity contribution is -0.0277. The van der Waals surface area contributed by atoms with E-state index in [0.717, 1.165) is 18.6 Å². The van der Waals surface area contributed by atoms with Crippen molar-refractivity contribution in [2.45, 2.75) is 44.4 Å². The van der Waals surface area contributed by atoms with Gasteiger partial charge in [-0.05, 0) is 25.5 Å². The molecule has 50 heavy (non-hydrogen) atoms. The van der Waals surface area contributed by atoms with Crippen molar-refractivity contribution in [3.63, 3.8) is 0 Å². The number of hydrogen-bond acceptors (Lipinski definition) is 14. The zero-order chi connectivity index (χ0) is 36.1. The standard InChI is InChI=1S/C35H64O14S/c1-3-4-5-6-11-38-12-13-39-14-15-40-16-17-41-18-19-42-20-21-43-22-23-44-24-25-45-26-27-46-28-29-47-30-31-48-32-33-49-50(36,37)35-9-7-34(2)8-10-35/h7-10H,3-6,11-33H2,1-2H3. The zero-order valence-electron chi connectivity index (χ0n) is 30.5. The fourth-order valence-electron chi connectivity index (χ4n) is 3.91. The molecule has 0 spiro atoms. The summed E-state index contributed by atoms with van der Waals surface area (Å²) >= 11 is 0. The van der Waals surface area contributed by atoms with Crippen LogP contribution in [0.25, 0.3) is 0 Å². The predicted molar refractivity (Wildman–Crippen MR) is 187 cm³/mol. The summed E-state index contributed by atoms with van der Waals surface area (Å²) in [5.41, 5.74) is 0.976. The molecule has 0 radical (unpaired) electrons. The van der Waals surface area contributed by atoms with Gasteiger partial charge < -0.3 is 52.1 Å². The SMILES string of the molecule is CCCCCCOCCOCCOCCOCCOCCOCCOCCOCCOCCOCCOCCOS(=O)(=O)c1ccc(C)cc1. The third-order valence-electron chi connectivity index (χ3n) is 6.64. The van der Waals surface area contributed by atoms with E-state index >= 15 is 0 Å². The van der Waals surface area contributed by atoms with Gasteiger partial charge in [-0.3, -0.25) is 4.18 Å². The van der Waals surface area contributed by atoms with Gasteiger partial charge >= 0.3 is 0 Å². The van der Waals surface area contributed by atoms with Gasteiger partial charge in [-0.25, -0.2) is 0 Å². The minimum Gasteiger partial charge on any atom is -0.379 e. The van der Waals surface area contributed by atoms with Gasteiger partial charge in [-0.1, -0.05) is 43.9 Å². The highest BCUT2D eigenvalue weighted by atomic mass is 32.2. The minimum atomic E-state index is -3.77. The molecule has 0 fully saturated rings. The molecule has 0 bridgehead atoms. The van der Waals surface area contributed by atoms with Crippen LogP contribution in [0.3, 0.4) is 0 Å². The number of ether oxygens (including phenoxy) is 11. The fourth-order valence-corrected chi connectivity index (χ4v) is 4.80. The molecule has 0 atom stereocenters. The largest absolute Gasteiger partial charge is 0.379 e. The van der Waals surface area contributed by atoms with Gasteiger partial charge in [-0.15, -0.1) is 0 Å². The van der Waals surface area contributed by atoms with Crippen molar-refractivity contribution in [3.8, 4) is 0 Å². The molecular formula is C35H64O14S. The van der Waals surface area contributed by atoms with Gasteiger partial charge in [0, 0.05) is 6.61 Å². The van der Waals surface area contributed by atoms with E-state index in [0.29, 0.717) is 132 Å².